The number of halogens is 1. The number of aromatic hydroxyl groups is 1. The van der Waals surface area contributed by atoms with E-state index in [0.717, 1.165) is 16.5 Å². The Kier molecular flexibility index (Phi) is 4.55. The third kappa shape index (κ3) is 3.68. The lowest BCUT2D eigenvalue weighted by molar-refractivity contribution is 0.474. The van der Waals surface area contributed by atoms with Gasteiger partial charge < -0.3 is 5.11 Å². The van der Waals surface area contributed by atoms with Crippen molar-refractivity contribution in [3.8, 4) is 5.75 Å². The number of aliphatic imine (C=N–C) groups is 1. The molecule has 0 aliphatic carbocycles. The predicted molar refractivity (Wildman–Crippen MR) is 80.9 cm³/mol. The second-order valence-corrected chi connectivity index (χ2v) is 6.06. The number of hydrogen-bond acceptors (Lipinski definition) is 3. The van der Waals surface area contributed by atoms with Crippen molar-refractivity contribution in [2.24, 2.45) is 4.99 Å². The minimum absolute atomic E-state index is 0.210. The lowest BCUT2D eigenvalue weighted by Gasteiger charge is -2.04. The van der Waals surface area contributed by atoms with E-state index in [1.807, 2.05) is 12.1 Å². The monoisotopic (exact) mass is 323 g/mol. The summed E-state index contributed by atoms with van der Waals surface area (Å²) >= 11 is 5.13. The number of nitrogens with zero attached hydrogens (tertiary/aromatic N) is 1. The molecule has 0 saturated heterocycles. The number of benzene rings is 1. The van der Waals surface area contributed by atoms with E-state index in [9.17, 15) is 5.11 Å². The van der Waals surface area contributed by atoms with Gasteiger partial charge in [0.15, 0.2) is 0 Å². The second kappa shape index (κ2) is 6.16. The highest BCUT2D eigenvalue weighted by atomic mass is 79.9. The van der Waals surface area contributed by atoms with E-state index in [1.165, 1.54) is 4.88 Å². The lowest BCUT2D eigenvalue weighted by atomic mass is 10.2. The fourth-order valence-corrected chi connectivity index (χ4v) is 2.81. The quantitative estimate of drug-likeness (QED) is 0.837. The van der Waals surface area contributed by atoms with E-state index in [1.54, 1.807) is 23.6 Å². The van der Waals surface area contributed by atoms with Crippen LogP contribution in [0.3, 0.4) is 0 Å². The van der Waals surface area contributed by atoms with Gasteiger partial charge in [0.25, 0.3) is 0 Å². The summed E-state index contributed by atoms with van der Waals surface area (Å²) in [5.41, 5.74) is 0.738. The zero-order chi connectivity index (χ0) is 13.0. The molecule has 0 radical (unpaired) electrons. The van der Waals surface area contributed by atoms with Crippen molar-refractivity contribution >= 4 is 33.5 Å². The van der Waals surface area contributed by atoms with Crippen molar-refractivity contribution in [3.05, 3.63) is 50.6 Å². The van der Waals surface area contributed by atoms with Crippen molar-refractivity contribution in [2.45, 2.75) is 19.4 Å². The summed E-state index contributed by atoms with van der Waals surface area (Å²) in [5.74, 6) is 0.255. The summed E-state index contributed by atoms with van der Waals surface area (Å²) in [6.45, 7) is 2.07. The molecule has 2 rings (SSSR count). The maximum absolute atomic E-state index is 9.69. The summed E-state index contributed by atoms with van der Waals surface area (Å²) < 4.78 is 0.938. The van der Waals surface area contributed by atoms with E-state index in [4.69, 9.17) is 0 Å². The van der Waals surface area contributed by atoms with Crippen molar-refractivity contribution in [2.75, 3.05) is 0 Å². The standard InChI is InChI=1S/C14H14BrNOS/c1-10(7-13-3-2-6-18-13)16-9-11-8-12(15)4-5-14(11)17/h2-6,8-10,17H,7H2,1H3. The molecule has 2 aromatic rings. The molecule has 0 saturated carbocycles. The summed E-state index contributed by atoms with van der Waals surface area (Å²) in [5, 5.41) is 11.8. The van der Waals surface area contributed by atoms with Crippen LogP contribution in [0.25, 0.3) is 0 Å². The minimum Gasteiger partial charge on any atom is -0.507 e. The van der Waals surface area contributed by atoms with Gasteiger partial charge >= 0.3 is 0 Å². The predicted octanol–water partition coefficient (Wildman–Crippen LogP) is 4.27. The third-order valence-corrected chi connectivity index (χ3v) is 3.93. The average molecular weight is 324 g/mol. The van der Waals surface area contributed by atoms with Crippen LogP contribution in [0.2, 0.25) is 0 Å². The van der Waals surface area contributed by atoms with Gasteiger partial charge in [-0.3, -0.25) is 4.99 Å². The molecule has 18 heavy (non-hydrogen) atoms. The molecular formula is C14H14BrNOS. The van der Waals surface area contributed by atoms with Crippen LogP contribution in [-0.4, -0.2) is 17.4 Å². The molecule has 2 nitrogen and oxygen atoms in total. The Balaban J connectivity index is 2.03. The van der Waals surface area contributed by atoms with E-state index in [0.29, 0.717) is 0 Å². The molecule has 94 valence electrons. The van der Waals surface area contributed by atoms with Gasteiger partial charge in [0.05, 0.1) is 6.04 Å². The molecule has 1 aromatic carbocycles. The van der Waals surface area contributed by atoms with Crippen LogP contribution in [0.4, 0.5) is 0 Å². The Bertz CT molecular complexity index is 537. The van der Waals surface area contributed by atoms with Crippen LogP contribution in [0.15, 0.2) is 45.2 Å². The Morgan fingerprint density at radius 2 is 2.28 bits per heavy atom. The van der Waals surface area contributed by atoms with Crippen molar-refractivity contribution in [1.29, 1.82) is 0 Å². The molecule has 0 aliphatic rings. The van der Waals surface area contributed by atoms with Crippen LogP contribution in [0.1, 0.15) is 17.4 Å². The number of phenolic OH excluding ortho intramolecular Hbond substituents is 1. The van der Waals surface area contributed by atoms with Crippen LogP contribution in [-0.2, 0) is 6.42 Å². The number of phenols is 1. The van der Waals surface area contributed by atoms with Gasteiger partial charge in [0.1, 0.15) is 5.75 Å². The topological polar surface area (TPSA) is 32.6 Å². The van der Waals surface area contributed by atoms with Crippen LogP contribution >= 0.6 is 27.3 Å². The molecule has 4 heteroatoms. The number of thiophene rings is 1. The smallest absolute Gasteiger partial charge is 0.124 e. The normalized spacial score (nSPS) is 13.0. The summed E-state index contributed by atoms with van der Waals surface area (Å²) in [6, 6.07) is 9.71. The molecular weight excluding hydrogens is 310 g/mol. The lowest BCUT2D eigenvalue weighted by Crippen LogP contribution is -2.02. The SMILES string of the molecule is CC(Cc1cccs1)N=Cc1cc(Br)ccc1O. The molecule has 0 aliphatic heterocycles. The number of hydrogen-bond donors (Lipinski definition) is 1. The highest BCUT2D eigenvalue weighted by Crippen LogP contribution is 2.20. The molecule has 1 unspecified atom stereocenters. The summed E-state index contributed by atoms with van der Waals surface area (Å²) in [7, 11) is 0. The van der Waals surface area contributed by atoms with Crippen LogP contribution < -0.4 is 0 Å². The minimum atomic E-state index is 0.210. The zero-order valence-corrected chi connectivity index (χ0v) is 12.4. The maximum atomic E-state index is 9.69. The van der Waals surface area contributed by atoms with Gasteiger partial charge in [0.2, 0.25) is 0 Å². The highest BCUT2D eigenvalue weighted by Gasteiger charge is 2.03. The summed E-state index contributed by atoms with van der Waals surface area (Å²) in [6.07, 6.45) is 2.67. The Morgan fingerprint density at radius 1 is 1.44 bits per heavy atom. The van der Waals surface area contributed by atoms with Crippen molar-refractivity contribution in [3.63, 3.8) is 0 Å². The zero-order valence-electron chi connectivity index (χ0n) is 10.0. The summed E-state index contributed by atoms with van der Waals surface area (Å²) in [4.78, 5) is 5.80. The van der Waals surface area contributed by atoms with Gasteiger partial charge in [-0.2, -0.15) is 0 Å². The molecule has 1 atom stereocenters. The van der Waals surface area contributed by atoms with Gasteiger partial charge in [-0.05, 0) is 36.6 Å². The number of rotatable bonds is 4. The molecule has 1 N–H and O–H groups in total. The fourth-order valence-electron chi connectivity index (χ4n) is 1.61. The third-order valence-electron chi connectivity index (χ3n) is 2.53. The molecule has 0 bridgehead atoms. The van der Waals surface area contributed by atoms with Crippen LogP contribution in [0.5, 0.6) is 5.75 Å². The van der Waals surface area contributed by atoms with Gasteiger partial charge in [-0.25, -0.2) is 0 Å². The Labute approximate surface area is 119 Å². The molecule has 0 fully saturated rings. The van der Waals surface area contributed by atoms with E-state index >= 15 is 0 Å². The molecule has 1 heterocycles. The first-order valence-corrected chi connectivity index (χ1v) is 7.36. The molecule has 0 spiro atoms. The van der Waals surface area contributed by atoms with Gasteiger partial charge in [-0.15, -0.1) is 11.3 Å². The fraction of sp³-hybridized carbons (Fsp3) is 0.214. The van der Waals surface area contributed by atoms with Gasteiger partial charge in [-0.1, -0.05) is 22.0 Å². The highest BCUT2D eigenvalue weighted by molar-refractivity contribution is 9.10. The second-order valence-electron chi connectivity index (χ2n) is 4.11. The Morgan fingerprint density at radius 3 is 3.00 bits per heavy atom. The van der Waals surface area contributed by atoms with Gasteiger partial charge in [0, 0.05) is 27.5 Å². The van der Waals surface area contributed by atoms with Crippen molar-refractivity contribution in [1.82, 2.24) is 0 Å². The molecule has 0 amide bonds. The Hall–Kier alpha value is -1.13. The van der Waals surface area contributed by atoms with E-state index in [-0.39, 0.29) is 11.8 Å². The maximum Gasteiger partial charge on any atom is 0.124 e. The largest absolute Gasteiger partial charge is 0.507 e. The molecule has 1 aromatic heterocycles. The first kappa shape index (κ1) is 13.3. The first-order valence-electron chi connectivity index (χ1n) is 5.69. The van der Waals surface area contributed by atoms with Crippen LogP contribution in [0, 0.1) is 0 Å². The van der Waals surface area contributed by atoms with E-state index in [2.05, 4.69) is 45.4 Å². The van der Waals surface area contributed by atoms with E-state index < -0.39 is 0 Å². The first-order chi connectivity index (χ1) is 8.65. The van der Waals surface area contributed by atoms with Crippen molar-refractivity contribution < 1.29 is 5.11 Å². The average Bonchev–Trinajstić information content (AvgIpc) is 2.83.